The van der Waals surface area contributed by atoms with Crippen LogP contribution in [0.3, 0.4) is 0 Å². The summed E-state index contributed by atoms with van der Waals surface area (Å²) in [4.78, 5) is 23.2. The number of anilines is 2. The molecular weight excluding hydrogens is 471 g/mol. The largest absolute Gasteiger partial charge is 0.418 e. The van der Waals surface area contributed by atoms with E-state index in [1.807, 2.05) is 13.8 Å². The van der Waals surface area contributed by atoms with Gasteiger partial charge >= 0.3 is 12.2 Å². The summed E-state index contributed by atoms with van der Waals surface area (Å²) in [6, 6.07) is 2.62. The number of nitrogens with zero attached hydrogens (tertiary/aromatic N) is 5. The first kappa shape index (κ1) is 23.6. The third-order valence-electron chi connectivity index (χ3n) is 4.99. The first-order valence-corrected chi connectivity index (χ1v) is 11.0. The molecule has 0 spiro atoms. The van der Waals surface area contributed by atoms with Crippen molar-refractivity contribution in [1.29, 1.82) is 0 Å². The summed E-state index contributed by atoms with van der Waals surface area (Å²) < 4.78 is 46.5. The van der Waals surface area contributed by atoms with Crippen LogP contribution in [0.1, 0.15) is 35.6 Å². The number of pyridine rings is 1. The second-order valence-electron chi connectivity index (χ2n) is 7.23. The van der Waals surface area contributed by atoms with Crippen molar-refractivity contribution in [3.63, 3.8) is 0 Å². The van der Waals surface area contributed by atoms with Crippen molar-refractivity contribution in [2.24, 2.45) is 0 Å². The maximum absolute atomic E-state index is 13.6. The molecule has 2 amide bonds. The highest BCUT2D eigenvalue weighted by atomic mass is 32.1. The summed E-state index contributed by atoms with van der Waals surface area (Å²) in [5, 5.41) is 13.4. The molecule has 0 aliphatic carbocycles. The molecule has 0 aliphatic heterocycles. The fourth-order valence-electron chi connectivity index (χ4n) is 3.55. The fourth-order valence-corrected chi connectivity index (χ4v) is 4.33. The number of fused-ring (bicyclic) bond motifs is 1. The van der Waals surface area contributed by atoms with Crippen LogP contribution in [0.4, 0.5) is 29.3 Å². The SMILES string of the molecule is CCC(OC)c1c(NC(=O)Nc2ccc(-n3nccn3)c(C(F)(F)F)c2)cnc2sc(C)nc12. The Labute approximate surface area is 196 Å². The van der Waals surface area contributed by atoms with E-state index in [0.717, 1.165) is 15.9 Å². The zero-order chi connectivity index (χ0) is 24.5. The topological polar surface area (TPSA) is 107 Å². The monoisotopic (exact) mass is 491 g/mol. The summed E-state index contributed by atoms with van der Waals surface area (Å²) in [5.74, 6) is 0. The number of hydrogen-bond acceptors (Lipinski definition) is 7. The number of aromatic nitrogens is 5. The van der Waals surface area contributed by atoms with Gasteiger partial charge in [-0.15, -0.1) is 0 Å². The molecule has 0 radical (unpaired) electrons. The number of amides is 2. The molecule has 178 valence electrons. The lowest BCUT2D eigenvalue weighted by atomic mass is 10.1. The summed E-state index contributed by atoms with van der Waals surface area (Å²) in [6.07, 6.45) is -0.399. The molecule has 0 aliphatic rings. The molecule has 0 fully saturated rings. The number of alkyl halides is 3. The van der Waals surface area contributed by atoms with Crippen LogP contribution < -0.4 is 10.6 Å². The Bertz CT molecular complexity index is 1320. The lowest BCUT2D eigenvalue weighted by molar-refractivity contribution is -0.137. The molecule has 1 atom stereocenters. The lowest BCUT2D eigenvalue weighted by Gasteiger charge is -2.19. The number of hydrogen-bond donors (Lipinski definition) is 2. The molecule has 34 heavy (non-hydrogen) atoms. The third-order valence-corrected chi connectivity index (χ3v) is 5.87. The van der Waals surface area contributed by atoms with E-state index in [-0.39, 0.29) is 17.5 Å². The normalized spacial score (nSPS) is 12.6. The molecular formula is C21H20F3N7O2S. The minimum Gasteiger partial charge on any atom is -0.377 e. The summed E-state index contributed by atoms with van der Waals surface area (Å²) in [6.45, 7) is 3.78. The van der Waals surface area contributed by atoms with Crippen molar-refractivity contribution >= 4 is 39.1 Å². The number of rotatable bonds is 6. The van der Waals surface area contributed by atoms with Gasteiger partial charge in [0.25, 0.3) is 0 Å². The van der Waals surface area contributed by atoms with Crippen LogP contribution in [0.5, 0.6) is 0 Å². The van der Waals surface area contributed by atoms with Crippen LogP contribution in [-0.2, 0) is 10.9 Å². The molecule has 2 N–H and O–H groups in total. The summed E-state index contributed by atoms with van der Waals surface area (Å²) >= 11 is 1.41. The first-order chi connectivity index (χ1) is 16.2. The molecule has 0 saturated heterocycles. The van der Waals surface area contributed by atoms with Gasteiger partial charge in [-0.3, -0.25) is 0 Å². The maximum Gasteiger partial charge on any atom is 0.418 e. The molecule has 0 saturated carbocycles. The van der Waals surface area contributed by atoms with Crippen molar-refractivity contribution < 1.29 is 22.7 Å². The number of nitrogens with one attached hydrogen (secondary N) is 2. The smallest absolute Gasteiger partial charge is 0.377 e. The van der Waals surface area contributed by atoms with Gasteiger partial charge in [0, 0.05) is 18.4 Å². The van der Waals surface area contributed by atoms with Crippen LogP contribution in [0.25, 0.3) is 16.0 Å². The van der Waals surface area contributed by atoms with E-state index in [9.17, 15) is 18.0 Å². The van der Waals surface area contributed by atoms with Crippen LogP contribution in [-0.4, -0.2) is 38.1 Å². The fraction of sp³-hybridized carbons (Fsp3) is 0.286. The second kappa shape index (κ2) is 9.35. The molecule has 1 aromatic carbocycles. The average Bonchev–Trinajstić information content (AvgIpc) is 3.44. The van der Waals surface area contributed by atoms with Gasteiger partial charge in [-0.05, 0) is 31.5 Å². The number of carbonyl (C=O) groups is 1. The standard InChI is InChI=1S/C21H20F3N7O2S/c1-4-16(33-3)17-14(10-25-19-18(17)28-11(2)34-19)30-20(32)29-12-5-6-15(31-26-7-8-27-31)13(9-12)21(22,23)24/h5-10,16H,4H2,1-3H3,(H2,29,30,32). The average molecular weight is 491 g/mol. The van der Waals surface area contributed by atoms with E-state index in [0.29, 0.717) is 28.0 Å². The Balaban J connectivity index is 1.64. The van der Waals surface area contributed by atoms with E-state index in [1.165, 1.54) is 42.1 Å². The number of methoxy groups -OCH3 is 1. The number of thiazole rings is 1. The Morgan fingerprint density at radius 1 is 1.24 bits per heavy atom. The Morgan fingerprint density at radius 2 is 1.97 bits per heavy atom. The van der Waals surface area contributed by atoms with E-state index in [2.05, 4.69) is 30.8 Å². The van der Waals surface area contributed by atoms with Crippen molar-refractivity contribution in [3.05, 3.63) is 52.9 Å². The number of halogens is 3. The van der Waals surface area contributed by atoms with Gasteiger partial charge < -0.3 is 15.4 Å². The van der Waals surface area contributed by atoms with Gasteiger partial charge in [0.15, 0.2) is 0 Å². The highest BCUT2D eigenvalue weighted by Crippen LogP contribution is 2.37. The molecule has 4 aromatic rings. The van der Waals surface area contributed by atoms with E-state index < -0.39 is 17.8 Å². The molecule has 1 unspecified atom stereocenters. The van der Waals surface area contributed by atoms with Gasteiger partial charge in [0.2, 0.25) is 0 Å². The molecule has 9 nitrogen and oxygen atoms in total. The van der Waals surface area contributed by atoms with E-state index in [4.69, 9.17) is 4.74 Å². The van der Waals surface area contributed by atoms with Gasteiger partial charge in [-0.1, -0.05) is 18.3 Å². The highest BCUT2D eigenvalue weighted by molar-refractivity contribution is 7.18. The number of benzene rings is 1. The van der Waals surface area contributed by atoms with Gasteiger partial charge in [0.1, 0.15) is 10.3 Å². The summed E-state index contributed by atoms with van der Waals surface area (Å²) in [5.41, 5.74) is 0.325. The van der Waals surface area contributed by atoms with Crippen LogP contribution in [0.15, 0.2) is 36.8 Å². The molecule has 3 aromatic heterocycles. The van der Waals surface area contributed by atoms with Crippen LogP contribution >= 0.6 is 11.3 Å². The molecule has 0 bridgehead atoms. The van der Waals surface area contributed by atoms with Crippen molar-refractivity contribution in [3.8, 4) is 5.69 Å². The zero-order valence-corrected chi connectivity index (χ0v) is 19.2. The number of ether oxygens (including phenoxy) is 1. The van der Waals surface area contributed by atoms with Gasteiger partial charge in [0.05, 0.1) is 46.6 Å². The van der Waals surface area contributed by atoms with Crippen LogP contribution in [0.2, 0.25) is 0 Å². The Kier molecular flexibility index (Phi) is 6.48. The molecule has 3 heterocycles. The predicted octanol–water partition coefficient (Wildman–Crippen LogP) is 5.34. The molecule has 13 heteroatoms. The van der Waals surface area contributed by atoms with E-state index in [1.54, 1.807) is 7.11 Å². The number of urea groups is 1. The minimum absolute atomic E-state index is 0.0559. The van der Waals surface area contributed by atoms with Crippen molar-refractivity contribution in [2.45, 2.75) is 32.5 Å². The zero-order valence-electron chi connectivity index (χ0n) is 18.3. The summed E-state index contributed by atoms with van der Waals surface area (Å²) in [7, 11) is 1.55. The highest BCUT2D eigenvalue weighted by Gasteiger charge is 2.35. The van der Waals surface area contributed by atoms with Crippen molar-refractivity contribution in [2.75, 3.05) is 17.7 Å². The Morgan fingerprint density at radius 3 is 2.62 bits per heavy atom. The van der Waals surface area contributed by atoms with Gasteiger partial charge in [-0.2, -0.15) is 28.2 Å². The predicted molar refractivity (Wildman–Crippen MR) is 121 cm³/mol. The number of carbonyl (C=O) groups excluding carboxylic acids is 1. The Hall–Kier alpha value is -3.58. The maximum atomic E-state index is 13.6. The molecule has 4 rings (SSSR count). The first-order valence-electron chi connectivity index (χ1n) is 10.2. The van der Waals surface area contributed by atoms with E-state index >= 15 is 0 Å². The quantitative estimate of drug-likeness (QED) is 0.377. The number of aryl methyl sites for hydroxylation is 1. The van der Waals surface area contributed by atoms with Crippen molar-refractivity contribution in [1.82, 2.24) is 25.0 Å². The minimum atomic E-state index is -4.69. The second-order valence-corrected chi connectivity index (χ2v) is 8.41. The van der Waals surface area contributed by atoms with Crippen LogP contribution in [0, 0.1) is 6.92 Å². The van der Waals surface area contributed by atoms with Gasteiger partial charge in [-0.25, -0.2) is 14.8 Å². The third kappa shape index (κ3) is 4.70. The lowest BCUT2D eigenvalue weighted by Crippen LogP contribution is -2.22.